The van der Waals surface area contributed by atoms with E-state index in [9.17, 15) is 14.7 Å². The van der Waals surface area contributed by atoms with Gasteiger partial charge in [-0.15, -0.1) is 11.3 Å². The Balaban J connectivity index is 1.66. The van der Waals surface area contributed by atoms with Gasteiger partial charge in [0.2, 0.25) is 0 Å². The van der Waals surface area contributed by atoms with E-state index in [1.807, 2.05) is 13.8 Å². The standard InChI is InChI=1S/C29H45NO3S/c1-6-25(28(32)33)19-29(16-9-17-29)27(31)15-14-22(3)12-7-10-21(2)11-8-13-23(4)18-26-20-34-24(5)30-26/h11,18,20,22,25H,6-10,12-17,19H2,1-5H3,(H,32,33). The zero-order chi connectivity index (χ0) is 25.1. The highest BCUT2D eigenvalue weighted by molar-refractivity contribution is 7.09. The fourth-order valence-corrected chi connectivity index (χ4v) is 5.58. The summed E-state index contributed by atoms with van der Waals surface area (Å²) in [4.78, 5) is 29.0. The van der Waals surface area contributed by atoms with Crippen LogP contribution in [0.2, 0.25) is 0 Å². The maximum Gasteiger partial charge on any atom is 0.306 e. The molecule has 1 aliphatic carbocycles. The Morgan fingerprint density at radius 2 is 1.91 bits per heavy atom. The molecule has 0 bridgehead atoms. The molecule has 0 aromatic carbocycles. The number of carbonyl (C=O) groups is 2. The summed E-state index contributed by atoms with van der Waals surface area (Å²) in [5.74, 6) is -0.286. The molecule has 0 spiro atoms. The second kappa shape index (κ2) is 14.0. The Hall–Kier alpha value is -1.75. The van der Waals surface area contributed by atoms with Crippen LogP contribution < -0.4 is 0 Å². The lowest BCUT2D eigenvalue weighted by atomic mass is 9.60. The van der Waals surface area contributed by atoms with Gasteiger partial charge in [0.1, 0.15) is 5.78 Å². The normalized spacial score (nSPS) is 17.8. The highest BCUT2D eigenvalue weighted by Crippen LogP contribution is 2.48. The highest BCUT2D eigenvalue weighted by atomic mass is 32.1. The van der Waals surface area contributed by atoms with Crippen molar-refractivity contribution in [3.8, 4) is 0 Å². The SMILES string of the molecule is CCC(CC1(C(=O)CCC(C)CCCC(C)=CCCC(C)=Cc2csc(C)n2)CCC1)C(=O)O. The Morgan fingerprint density at radius 1 is 1.18 bits per heavy atom. The first-order valence-electron chi connectivity index (χ1n) is 13.2. The first-order valence-corrected chi connectivity index (χ1v) is 14.0. The van der Waals surface area contributed by atoms with Gasteiger partial charge in [-0.3, -0.25) is 9.59 Å². The third-order valence-corrected chi connectivity index (χ3v) is 8.37. The highest BCUT2D eigenvalue weighted by Gasteiger charge is 2.45. The molecule has 1 fully saturated rings. The van der Waals surface area contributed by atoms with Gasteiger partial charge in [-0.2, -0.15) is 0 Å². The van der Waals surface area contributed by atoms with Gasteiger partial charge in [-0.1, -0.05) is 43.9 Å². The van der Waals surface area contributed by atoms with Crippen LogP contribution in [0.15, 0.2) is 22.6 Å². The molecule has 190 valence electrons. The minimum absolute atomic E-state index is 0.317. The molecule has 1 heterocycles. The number of carboxylic acid groups (broad SMARTS) is 1. The number of nitrogens with zero attached hydrogens (tertiary/aromatic N) is 1. The summed E-state index contributed by atoms with van der Waals surface area (Å²) in [6.45, 7) is 10.6. The molecule has 1 saturated carbocycles. The number of carboxylic acids is 1. The molecule has 1 aromatic heterocycles. The second-order valence-corrected chi connectivity index (χ2v) is 11.7. The lowest BCUT2D eigenvalue weighted by Gasteiger charge is -2.42. The lowest BCUT2D eigenvalue weighted by molar-refractivity contribution is -0.146. The minimum Gasteiger partial charge on any atom is -0.481 e. The fraction of sp³-hybridized carbons (Fsp3) is 0.690. The monoisotopic (exact) mass is 487 g/mol. The molecular formula is C29H45NO3S. The van der Waals surface area contributed by atoms with Crippen molar-refractivity contribution >= 4 is 29.2 Å². The average molecular weight is 488 g/mol. The average Bonchev–Trinajstić information content (AvgIpc) is 3.15. The predicted molar refractivity (Wildman–Crippen MR) is 143 cm³/mol. The van der Waals surface area contributed by atoms with Gasteiger partial charge >= 0.3 is 5.97 Å². The predicted octanol–water partition coefficient (Wildman–Crippen LogP) is 8.41. The van der Waals surface area contributed by atoms with Crippen molar-refractivity contribution in [2.24, 2.45) is 17.3 Å². The van der Waals surface area contributed by atoms with Crippen LogP contribution in [-0.2, 0) is 9.59 Å². The van der Waals surface area contributed by atoms with Crippen LogP contribution in [0.3, 0.4) is 0 Å². The molecule has 2 atom stereocenters. The van der Waals surface area contributed by atoms with Crippen molar-refractivity contribution in [1.82, 2.24) is 4.98 Å². The summed E-state index contributed by atoms with van der Waals surface area (Å²) < 4.78 is 0. The summed E-state index contributed by atoms with van der Waals surface area (Å²) in [5, 5.41) is 12.6. The van der Waals surface area contributed by atoms with Crippen LogP contribution in [0.25, 0.3) is 6.08 Å². The van der Waals surface area contributed by atoms with E-state index in [0.29, 0.717) is 31.0 Å². The van der Waals surface area contributed by atoms with Gasteiger partial charge in [0, 0.05) is 17.2 Å². The van der Waals surface area contributed by atoms with Crippen LogP contribution in [0.4, 0.5) is 0 Å². The number of hydrogen-bond donors (Lipinski definition) is 1. The van der Waals surface area contributed by atoms with Crippen LogP contribution in [0.5, 0.6) is 0 Å². The maximum atomic E-state index is 13.0. The van der Waals surface area contributed by atoms with Crippen molar-refractivity contribution in [2.75, 3.05) is 0 Å². The quantitative estimate of drug-likeness (QED) is 0.238. The molecule has 1 aliphatic rings. The summed E-state index contributed by atoms with van der Waals surface area (Å²) >= 11 is 1.69. The molecular weight excluding hydrogens is 442 g/mol. The summed E-state index contributed by atoms with van der Waals surface area (Å²) in [6, 6.07) is 0. The van der Waals surface area contributed by atoms with Crippen molar-refractivity contribution in [3.05, 3.63) is 33.3 Å². The molecule has 2 rings (SSSR count). The molecule has 1 N–H and O–H groups in total. The number of hydrogen-bond acceptors (Lipinski definition) is 4. The molecule has 4 nitrogen and oxygen atoms in total. The Bertz CT molecular complexity index is 862. The lowest BCUT2D eigenvalue weighted by Crippen LogP contribution is -2.41. The Morgan fingerprint density at radius 3 is 2.47 bits per heavy atom. The Kier molecular flexibility index (Phi) is 11.7. The van der Waals surface area contributed by atoms with Crippen molar-refractivity contribution in [1.29, 1.82) is 0 Å². The smallest absolute Gasteiger partial charge is 0.306 e. The van der Waals surface area contributed by atoms with Crippen LogP contribution in [-0.4, -0.2) is 21.8 Å². The van der Waals surface area contributed by atoms with Crippen LogP contribution in [0, 0.1) is 24.2 Å². The van der Waals surface area contributed by atoms with E-state index in [-0.39, 0.29) is 11.3 Å². The zero-order valence-electron chi connectivity index (χ0n) is 22.0. The van der Waals surface area contributed by atoms with E-state index >= 15 is 0 Å². The number of Topliss-reactive ketones (excluding diaryl/α,β-unsaturated/α-hetero) is 1. The van der Waals surface area contributed by atoms with Gasteiger partial charge < -0.3 is 5.11 Å². The fourth-order valence-electron chi connectivity index (χ4n) is 5.01. The number of rotatable bonds is 16. The van der Waals surface area contributed by atoms with Crippen molar-refractivity contribution in [2.45, 2.75) is 112 Å². The summed E-state index contributed by atoms with van der Waals surface area (Å²) in [6.07, 6.45) is 15.6. The maximum absolute atomic E-state index is 13.0. The number of aryl methyl sites for hydroxylation is 1. The Labute approximate surface area is 211 Å². The largest absolute Gasteiger partial charge is 0.481 e. The van der Waals surface area contributed by atoms with Crippen LogP contribution >= 0.6 is 11.3 Å². The number of aliphatic carboxylic acids is 1. The summed E-state index contributed by atoms with van der Waals surface area (Å²) in [5.41, 5.74) is 3.55. The topological polar surface area (TPSA) is 67.3 Å². The van der Waals surface area contributed by atoms with E-state index in [4.69, 9.17) is 0 Å². The third-order valence-electron chi connectivity index (χ3n) is 7.58. The van der Waals surface area contributed by atoms with Gasteiger partial charge in [0.25, 0.3) is 0 Å². The first-order chi connectivity index (χ1) is 16.1. The number of carbonyl (C=O) groups excluding carboxylic acids is 1. The van der Waals surface area contributed by atoms with E-state index < -0.39 is 5.97 Å². The minimum atomic E-state index is -0.751. The molecule has 0 aliphatic heterocycles. The number of thiazole rings is 1. The first kappa shape index (κ1) is 28.5. The zero-order valence-corrected chi connectivity index (χ0v) is 22.8. The summed E-state index contributed by atoms with van der Waals surface area (Å²) in [7, 11) is 0. The van der Waals surface area contributed by atoms with Crippen LogP contribution in [0.1, 0.15) is 115 Å². The number of aromatic nitrogens is 1. The van der Waals surface area contributed by atoms with Gasteiger partial charge in [-0.25, -0.2) is 4.98 Å². The second-order valence-electron chi connectivity index (χ2n) is 10.6. The molecule has 0 amide bonds. The van der Waals surface area contributed by atoms with E-state index in [0.717, 1.165) is 68.5 Å². The van der Waals surface area contributed by atoms with Crippen molar-refractivity contribution in [3.63, 3.8) is 0 Å². The van der Waals surface area contributed by atoms with E-state index in [1.165, 1.54) is 11.1 Å². The molecule has 2 unspecified atom stereocenters. The molecule has 0 saturated heterocycles. The van der Waals surface area contributed by atoms with E-state index in [2.05, 4.69) is 43.3 Å². The van der Waals surface area contributed by atoms with Crippen molar-refractivity contribution < 1.29 is 14.7 Å². The van der Waals surface area contributed by atoms with Gasteiger partial charge in [0.15, 0.2) is 0 Å². The number of ketones is 1. The molecule has 5 heteroatoms. The third kappa shape index (κ3) is 9.13. The van der Waals surface area contributed by atoms with Gasteiger partial charge in [-0.05, 0) is 90.6 Å². The van der Waals surface area contributed by atoms with Gasteiger partial charge in [0.05, 0.1) is 16.6 Å². The van der Waals surface area contributed by atoms with E-state index in [1.54, 1.807) is 11.3 Å². The molecule has 0 radical (unpaired) electrons. The number of allylic oxidation sites excluding steroid dienone is 3. The molecule has 1 aromatic rings. The molecule has 34 heavy (non-hydrogen) atoms.